The number of hydrogen-bond donors (Lipinski definition) is 0. The normalized spacial score (nSPS) is 14.3. The minimum atomic E-state index is -2.89. The van der Waals surface area contributed by atoms with Crippen molar-refractivity contribution < 1.29 is 17.9 Å². The first-order valence-corrected chi connectivity index (χ1v) is 12.6. The Morgan fingerprint density at radius 1 is 1.05 bits per heavy atom. The highest BCUT2D eigenvalue weighted by atomic mass is 35.5. The van der Waals surface area contributed by atoms with Gasteiger partial charge in [0.05, 0.1) is 44.9 Å². The second kappa shape index (κ2) is 9.97. The van der Waals surface area contributed by atoms with E-state index in [1.807, 2.05) is 0 Å². The van der Waals surface area contributed by atoms with E-state index in [9.17, 15) is 14.0 Å². The molecular weight excluding hydrogens is 558 g/mol. The van der Waals surface area contributed by atoms with Crippen molar-refractivity contribution in [3.63, 3.8) is 0 Å². The molecule has 0 spiro atoms. The molecule has 0 N–H and O–H groups in total. The second-order valence-corrected chi connectivity index (χ2v) is 9.96. The highest BCUT2D eigenvalue weighted by Gasteiger charge is 2.33. The molecule has 1 atom stereocenters. The number of aromatic nitrogens is 9. The molecule has 10 nitrogen and oxygen atoms in total. The molecule has 1 fully saturated rings. The van der Waals surface area contributed by atoms with Crippen LogP contribution in [0.4, 0.5) is 13.2 Å². The summed E-state index contributed by atoms with van der Waals surface area (Å²) < 4.78 is 46.2. The second-order valence-electron chi connectivity index (χ2n) is 9.15. The number of halogens is 5. The van der Waals surface area contributed by atoms with Crippen LogP contribution in [-0.2, 0) is 0 Å². The lowest BCUT2D eigenvalue weighted by molar-refractivity contribution is -0.615. The van der Waals surface area contributed by atoms with Crippen molar-refractivity contribution in [2.24, 2.45) is 5.92 Å². The number of hydrogen-bond acceptors (Lipinski definition) is 6. The quantitative estimate of drug-likeness (QED) is 0.185. The van der Waals surface area contributed by atoms with Crippen molar-refractivity contribution in [2.75, 3.05) is 0 Å². The van der Waals surface area contributed by atoms with Gasteiger partial charge in [-0.1, -0.05) is 36.0 Å². The summed E-state index contributed by atoms with van der Waals surface area (Å²) in [6.07, 6.45) is 9.30. The summed E-state index contributed by atoms with van der Waals surface area (Å²) in [4.78, 5) is 0. The SMILES string of the molecule is [O-][n+]1cc(-c2c(-n3cnnn3)ccc(Cl)c2F)ccc1[C@H](CC1CC1)n1cc(-c2c(Cl)cnn2C(F)F)cn1. The van der Waals surface area contributed by atoms with Crippen LogP contribution in [0, 0.1) is 16.9 Å². The number of nitrogens with zero attached hydrogens (tertiary/aromatic N) is 9. The zero-order valence-corrected chi connectivity index (χ0v) is 21.4. The van der Waals surface area contributed by atoms with Gasteiger partial charge in [0, 0.05) is 17.8 Å². The van der Waals surface area contributed by atoms with E-state index in [1.165, 1.54) is 29.5 Å². The Hall–Kier alpha value is -3.97. The molecule has 1 aliphatic carbocycles. The van der Waals surface area contributed by atoms with E-state index in [0.29, 0.717) is 38.7 Å². The number of rotatable bonds is 8. The van der Waals surface area contributed by atoms with E-state index in [0.717, 1.165) is 19.0 Å². The average Bonchev–Trinajstić information content (AvgIpc) is 3.27. The first-order valence-electron chi connectivity index (χ1n) is 11.8. The molecule has 0 saturated heterocycles. The zero-order valence-electron chi connectivity index (χ0n) is 19.9. The van der Waals surface area contributed by atoms with Crippen molar-refractivity contribution in [1.29, 1.82) is 0 Å². The van der Waals surface area contributed by atoms with Gasteiger partial charge in [0.25, 0.3) is 0 Å². The van der Waals surface area contributed by atoms with E-state index in [1.54, 1.807) is 29.1 Å². The number of alkyl halides is 2. The Kier molecular flexibility index (Phi) is 6.47. The summed E-state index contributed by atoms with van der Waals surface area (Å²) in [5.41, 5.74) is 1.33. The minimum Gasteiger partial charge on any atom is -0.618 e. The molecule has 5 aromatic rings. The van der Waals surface area contributed by atoms with Gasteiger partial charge >= 0.3 is 6.55 Å². The predicted octanol–water partition coefficient (Wildman–Crippen LogP) is 5.25. The summed E-state index contributed by atoms with van der Waals surface area (Å²) in [5.74, 6) is -0.342. The van der Waals surface area contributed by atoms with Gasteiger partial charge in [0.1, 0.15) is 12.4 Å². The molecule has 0 bridgehead atoms. The Morgan fingerprint density at radius 2 is 1.87 bits per heavy atom. The van der Waals surface area contributed by atoms with E-state index in [-0.39, 0.29) is 26.9 Å². The van der Waals surface area contributed by atoms with Crippen molar-refractivity contribution >= 4 is 23.2 Å². The Morgan fingerprint density at radius 3 is 2.56 bits per heavy atom. The summed E-state index contributed by atoms with van der Waals surface area (Å²) in [6, 6.07) is 5.62. The van der Waals surface area contributed by atoms with E-state index in [4.69, 9.17) is 23.2 Å². The van der Waals surface area contributed by atoms with Gasteiger partial charge in [-0.3, -0.25) is 4.68 Å². The van der Waals surface area contributed by atoms with Gasteiger partial charge in [0.15, 0.2) is 12.0 Å². The topological polar surface area (TPSA) is 106 Å². The highest BCUT2D eigenvalue weighted by Crippen LogP contribution is 2.40. The third-order valence-electron chi connectivity index (χ3n) is 6.63. The average molecular weight is 576 g/mol. The van der Waals surface area contributed by atoms with Crippen LogP contribution >= 0.6 is 23.2 Å². The molecule has 1 aliphatic rings. The van der Waals surface area contributed by atoms with E-state index < -0.39 is 18.4 Å². The Bertz CT molecular complexity index is 1650. The van der Waals surface area contributed by atoms with Crippen molar-refractivity contribution in [2.45, 2.75) is 31.9 Å². The first-order chi connectivity index (χ1) is 18.8. The molecule has 1 saturated carbocycles. The van der Waals surface area contributed by atoms with Crippen molar-refractivity contribution in [3.05, 3.63) is 82.1 Å². The van der Waals surface area contributed by atoms with Crippen LogP contribution in [0.15, 0.2) is 55.4 Å². The standard InChI is InChI=1S/C24H18Cl2F3N9O/c25-16-4-6-19(36-12-30-33-34-36)21(22(16)27)14-3-5-18(37(39)11-14)20(7-13-1-2-13)35-10-15(8-31-35)23-17(26)9-32-38(23)24(28)29/h3-6,8-13,20,24H,1-2,7H2/t20-/m0/s1. The fourth-order valence-electron chi connectivity index (χ4n) is 4.60. The molecule has 4 aromatic heterocycles. The van der Waals surface area contributed by atoms with Gasteiger partial charge in [-0.05, 0) is 41.0 Å². The van der Waals surface area contributed by atoms with Gasteiger partial charge in [-0.2, -0.15) is 28.4 Å². The lowest BCUT2D eigenvalue weighted by Gasteiger charge is -2.18. The number of benzene rings is 1. The molecule has 0 aliphatic heterocycles. The molecular formula is C24H18Cl2F3N9O. The summed E-state index contributed by atoms with van der Waals surface area (Å²) in [7, 11) is 0. The van der Waals surface area contributed by atoms with Crippen LogP contribution in [0.3, 0.4) is 0 Å². The summed E-state index contributed by atoms with van der Waals surface area (Å²) >= 11 is 12.2. The maximum atomic E-state index is 15.2. The van der Waals surface area contributed by atoms with Crippen LogP contribution < -0.4 is 4.73 Å². The molecule has 15 heteroatoms. The van der Waals surface area contributed by atoms with E-state index >= 15 is 4.39 Å². The largest absolute Gasteiger partial charge is 0.618 e. The van der Waals surface area contributed by atoms with Gasteiger partial charge in [-0.15, -0.1) is 5.10 Å². The Labute approximate surface area is 228 Å². The van der Waals surface area contributed by atoms with Crippen LogP contribution in [-0.4, -0.2) is 39.8 Å². The van der Waals surface area contributed by atoms with Crippen molar-refractivity contribution in [3.8, 4) is 28.1 Å². The van der Waals surface area contributed by atoms with Crippen LogP contribution in [0.2, 0.25) is 10.0 Å². The maximum absolute atomic E-state index is 15.2. The Balaban J connectivity index is 1.40. The van der Waals surface area contributed by atoms with Crippen LogP contribution in [0.25, 0.3) is 28.1 Å². The molecule has 0 radical (unpaired) electrons. The van der Waals surface area contributed by atoms with Gasteiger partial charge in [-0.25, -0.2) is 9.07 Å². The number of pyridine rings is 1. The van der Waals surface area contributed by atoms with E-state index in [2.05, 4.69) is 25.7 Å². The molecule has 1 aromatic carbocycles. The third kappa shape index (κ3) is 4.72. The smallest absolute Gasteiger partial charge is 0.333 e. The lowest BCUT2D eigenvalue weighted by Crippen LogP contribution is -2.35. The summed E-state index contributed by atoms with van der Waals surface area (Å²) in [6.45, 7) is -2.89. The maximum Gasteiger partial charge on any atom is 0.333 e. The molecule has 39 heavy (non-hydrogen) atoms. The highest BCUT2D eigenvalue weighted by molar-refractivity contribution is 6.33. The number of tetrazole rings is 1. The molecule has 200 valence electrons. The lowest BCUT2D eigenvalue weighted by atomic mass is 10.0. The predicted molar refractivity (Wildman–Crippen MR) is 134 cm³/mol. The zero-order chi connectivity index (χ0) is 27.3. The summed E-state index contributed by atoms with van der Waals surface area (Å²) in [5, 5.41) is 32.4. The molecule has 6 rings (SSSR count). The van der Waals surface area contributed by atoms with Gasteiger partial charge < -0.3 is 5.21 Å². The van der Waals surface area contributed by atoms with Crippen molar-refractivity contribution in [1.82, 2.24) is 39.8 Å². The van der Waals surface area contributed by atoms with Crippen LogP contribution in [0.1, 0.15) is 37.5 Å². The third-order valence-corrected chi connectivity index (χ3v) is 7.20. The van der Waals surface area contributed by atoms with Gasteiger partial charge in [0.2, 0.25) is 5.69 Å². The fourth-order valence-corrected chi connectivity index (χ4v) is 5.00. The monoisotopic (exact) mass is 575 g/mol. The van der Waals surface area contributed by atoms with Crippen LogP contribution in [0.5, 0.6) is 0 Å². The molecule has 4 heterocycles. The minimum absolute atomic E-state index is 0.0278. The molecule has 0 unspecified atom stereocenters. The first kappa shape index (κ1) is 25.3. The molecule has 0 amide bonds. The fraction of sp³-hybridized carbons (Fsp3) is 0.250.